The van der Waals surface area contributed by atoms with Crippen LogP contribution >= 0.6 is 8.43 Å². The van der Waals surface area contributed by atoms with Crippen LogP contribution in [0.3, 0.4) is 0 Å². The van der Waals surface area contributed by atoms with Crippen molar-refractivity contribution in [3.63, 3.8) is 0 Å². The number of fused-ring (bicyclic) bond motifs is 2. The fraction of sp³-hybridized carbons (Fsp3) is 0.333. The maximum Gasteiger partial charge on any atom is 0.326 e. The minimum atomic E-state index is -0.246. The zero-order valence-electron chi connectivity index (χ0n) is 18.5. The number of benzene rings is 2. The number of rotatable bonds is 8. The Balaban J connectivity index is 1.12. The second-order valence-electron chi connectivity index (χ2n) is 8.32. The zero-order valence-corrected chi connectivity index (χ0v) is 19.4. The fourth-order valence-corrected chi connectivity index (χ4v) is 5.10. The van der Waals surface area contributed by atoms with E-state index in [4.69, 9.17) is 9.56 Å². The average molecular weight is 465 g/mol. The number of piperidine rings is 1. The highest BCUT2D eigenvalue weighted by Crippen LogP contribution is 2.25. The van der Waals surface area contributed by atoms with Crippen molar-refractivity contribution in [3.8, 4) is 0 Å². The molecule has 0 aliphatic carbocycles. The molecule has 1 aliphatic heterocycles. The van der Waals surface area contributed by atoms with E-state index < -0.39 is 0 Å². The number of hydrogen-bond acceptors (Lipinski definition) is 4. The number of para-hydroxylation sites is 3. The molecule has 3 N–H and O–H groups in total. The molecule has 1 aliphatic rings. The molecule has 33 heavy (non-hydrogen) atoms. The standard InChI is InChI=1S/C24H28N5O3P/c1-25-23(14-17-15-26-20-7-3-2-6-19(17)20)31-32-33-16-28-12-10-18(11-13-28)29-22-9-5-4-8-21(22)27-24(29)30/h2-9,15-16,18,23,25-26H,10-14H2,1H3,(H,27,30). The van der Waals surface area contributed by atoms with Crippen LogP contribution in [0.25, 0.3) is 21.9 Å². The van der Waals surface area contributed by atoms with Crippen LogP contribution in [0.15, 0.2) is 59.5 Å². The van der Waals surface area contributed by atoms with Gasteiger partial charge in [0.05, 0.1) is 11.0 Å². The van der Waals surface area contributed by atoms with Crippen LogP contribution in [0.4, 0.5) is 0 Å². The molecule has 3 heterocycles. The predicted molar refractivity (Wildman–Crippen MR) is 132 cm³/mol. The van der Waals surface area contributed by atoms with E-state index in [0.717, 1.165) is 42.5 Å². The second kappa shape index (κ2) is 10.0. The lowest BCUT2D eigenvalue weighted by Gasteiger charge is -2.29. The number of aromatic amines is 2. The van der Waals surface area contributed by atoms with Crippen LogP contribution in [0.2, 0.25) is 0 Å². The van der Waals surface area contributed by atoms with Crippen molar-refractivity contribution in [1.29, 1.82) is 0 Å². The number of nitrogens with one attached hydrogen (secondary N) is 3. The summed E-state index contributed by atoms with van der Waals surface area (Å²) in [5, 5.41) is 4.35. The summed E-state index contributed by atoms with van der Waals surface area (Å²) < 4.78 is 7.38. The summed E-state index contributed by atoms with van der Waals surface area (Å²) in [6, 6.07) is 16.3. The largest absolute Gasteiger partial charge is 0.361 e. The molecular weight excluding hydrogens is 437 g/mol. The first kappa shape index (κ1) is 22.1. The topological polar surface area (TPSA) is 87.3 Å². The summed E-state index contributed by atoms with van der Waals surface area (Å²) in [5.74, 6) is 2.01. The molecule has 1 saturated heterocycles. The number of imidazole rings is 1. The van der Waals surface area contributed by atoms with Gasteiger partial charge >= 0.3 is 5.69 Å². The Bertz CT molecular complexity index is 1300. The summed E-state index contributed by atoms with van der Waals surface area (Å²) in [5.41, 5.74) is 4.15. The van der Waals surface area contributed by atoms with Gasteiger partial charge in [-0.05, 0) is 43.7 Å². The third kappa shape index (κ3) is 4.81. The van der Waals surface area contributed by atoms with Crippen molar-refractivity contribution in [2.75, 3.05) is 20.1 Å². The van der Waals surface area contributed by atoms with Gasteiger partial charge < -0.3 is 9.97 Å². The van der Waals surface area contributed by atoms with Crippen LogP contribution in [0.1, 0.15) is 24.4 Å². The molecular formula is C24H28N5O3P. The van der Waals surface area contributed by atoms with Crippen molar-refractivity contribution < 1.29 is 9.56 Å². The van der Waals surface area contributed by atoms with Gasteiger partial charge in [0.15, 0.2) is 0 Å². The van der Waals surface area contributed by atoms with Gasteiger partial charge in [-0.3, -0.25) is 14.8 Å². The highest BCUT2D eigenvalue weighted by Gasteiger charge is 2.22. The van der Waals surface area contributed by atoms with Gasteiger partial charge in [-0.15, -0.1) is 0 Å². The molecule has 2 aromatic heterocycles. The van der Waals surface area contributed by atoms with E-state index in [1.165, 1.54) is 10.9 Å². The number of H-pyrrole nitrogens is 2. The van der Waals surface area contributed by atoms with E-state index in [2.05, 4.69) is 32.3 Å². The molecule has 0 spiro atoms. The van der Waals surface area contributed by atoms with Crippen molar-refractivity contribution in [2.24, 2.45) is 0 Å². The maximum absolute atomic E-state index is 12.4. The number of hydrogen-bond donors (Lipinski definition) is 3. The minimum Gasteiger partial charge on any atom is -0.361 e. The quantitative estimate of drug-likeness (QED) is 0.159. The van der Waals surface area contributed by atoms with E-state index >= 15 is 0 Å². The van der Waals surface area contributed by atoms with Gasteiger partial charge in [0, 0.05) is 48.6 Å². The SMILES string of the molecule is CNC(Cc1c[nH]c2ccccc12)OOP=CN1CCC(n2c(=O)[nH]c3ccccc32)CC1. The number of aromatic nitrogens is 3. The van der Waals surface area contributed by atoms with E-state index in [1.54, 1.807) is 0 Å². The van der Waals surface area contributed by atoms with E-state index in [0.29, 0.717) is 14.9 Å². The number of nitrogens with zero attached hydrogens (tertiary/aromatic N) is 2. The molecule has 172 valence electrons. The summed E-state index contributed by atoms with van der Waals surface area (Å²) in [6.07, 6.45) is 4.29. The van der Waals surface area contributed by atoms with E-state index in [-0.39, 0.29) is 18.0 Å². The molecule has 1 atom stereocenters. The van der Waals surface area contributed by atoms with E-state index in [1.807, 2.05) is 60.1 Å². The van der Waals surface area contributed by atoms with Crippen LogP contribution < -0.4 is 11.0 Å². The number of likely N-dealkylation sites (N-methyl/N-ethyl adjacent to an activating group) is 1. The lowest BCUT2D eigenvalue weighted by Crippen LogP contribution is -2.36. The van der Waals surface area contributed by atoms with Crippen molar-refractivity contribution in [3.05, 3.63) is 70.8 Å². The van der Waals surface area contributed by atoms with Crippen LogP contribution in [-0.4, -0.2) is 51.7 Å². The summed E-state index contributed by atoms with van der Waals surface area (Å²) >= 11 is 0. The van der Waals surface area contributed by atoms with Crippen molar-refractivity contribution >= 4 is 36.3 Å². The smallest absolute Gasteiger partial charge is 0.326 e. The Morgan fingerprint density at radius 3 is 2.73 bits per heavy atom. The Morgan fingerprint density at radius 2 is 1.91 bits per heavy atom. The molecule has 1 unspecified atom stereocenters. The van der Waals surface area contributed by atoms with Crippen LogP contribution in [0.5, 0.6) is 0 Å². The van der Waals surface area contributed by atoms with Crippen LogP contribution in [-0.2, 0) is 16.0 Å². The van der Waals surface area contributed by atoms with Gasteiger partial charge in [0.2, 0.25) is 0 Å². The lowest BCUT2D eigenvalue weighted by atomic mass is 10.1. The zero-order chi connectivity index (χ0) is 22.6. The highest BCUT2D eigenvalue weighted by molar-refractivity contribution is 7.32. The highest BCUT2D eigenvalue weighted by atomic mass is 31.1. The summed E-state index contributed by atoms with van der Waals surface area (Å²) in [6.45, 7) is 1.75. The van der Waals surface area contributed by atoms with E-state index in [9.17, 15) is 4.79 Å². The first-order valence-corrected chi connectivity index (χ1v) is 12.1. The molecule has 9 heteroatoms. The lowest BCUT2D eigenvalue weighted by molar-refractivity contribution is -0.240. The molecule has 4 aromatic rings. The van der Waals surface area contributed by atoms with Gasteiger partial charge in [0.25, 0.3) is 0 Å². The first-order valence-electron chi connectivity index (χ1n) is 11.2. The third-order valence-electron chi connectivity index (χ3n) is 6.30. The fourth-order valence-electron chi connectivity index (χ4n) is 4.54. The predicted octanol–water partition coefficient (Wildman–Crippen LogP) is 3.81. The molecule has 0 bridgehead atoms. The van der Waals surface area contributed by atoms with Gasteiger partial charge in [-0.1, -0.05) is 30.3 Å². The Kier molecular flexibility index (Phi) is 6.71. The first-order chi connectivity index (χ1) is 16.2. The molecule has 0 amide bonds. The minimum absolute atomic E-state index is 0.0261. The van der Waals surface area contributed by atoms with Crippen molar-refractivity contribution in [1.82, 2.24) is 24.8 Å². The Hall–Kier alpha value is -2.74. The summed E-state index contributed by atoms with van der Waals surface area (Å²) in [7, 11) is 2.51. The molecule has 2 aromatic carbocycles. The Morgan fingerprint density at radius 1 is 1.15 bits per heavy atom. The van der Waals surface area contributed by atoms with Gasteiger partial charge in [-0.25, -0.2) is 9.68 Å². The van der Waals surface area contributed by atoms with Crippen LogP contribution in [0, 0.1) is 0 Å². The monoisotopic (exact) mass is 465 g/mol. The average Bonchev–Trinajstić information content (AvgIpc) is 3.41. The molecule has 5 rings (SSSR count). The maximum atomic E-state index is 12.4. The van der Waals surface area contributed by atoms with Gasteiger partial charge in [-0.2, -0.15) is 4.67 Å². The third-order valence-corrected chi connectivity index (χ3v) is 6.90. The second-order valence-corrected chi connectivity index (χ2v) is 8.91. The normalized spacial score (nSPS) is 16.9. The van der Waals surface area contributed by atoms with Gasteiger partial charge in [0.1, 0.15) is 14.7 Å². The van der Waals surface area contributed by atoms with Crippen molar-refractivity contribution in [2.45, 2.75) is 31.5 Å². The Labute approximate surface area is 193 Å². The molecule has 0 saturated carbocycles. The molecule has 8 nitrogen and oxygen atoms in total. The molecule has 0 radical (unpaired) electrons. The number of likely N-dealkylation sites (tertiary alicyclic amines) is 1. The molecule has 1 fully saturated rings. The summed E-state index contributed by atoms with van der Waals surface area (Å²) in [4.78, 5) is 26.5.